The Balaban J connectivity index is 0.000000199. The third kappa shape index (κ3) is 12.0. The Labute approximate surface area is 436 Å². The molecule has 6 aromatic carbocycles. The molecule has 15 heteroatoms. The highest BCUT2D eigenvalue weighted by atomic mass is 32.3. The van der Waals surface area contributed by atoms with Crippen LogP contribution in [0.25, 0.3) is 0 Å². The number of ether oxygens (including phenoxy) is 7. The highest BCUT2D eigenvalue weighted by molar-refractivity contribution is 7.79. The van der Waals surface area contributed by atoms with E-state index in [1.165, 1.54) is 59.1 Å². The van der Waals surface area contributed by atoms with Crippen molar-refractivity contribution in [2.45, 2.75) is 87.7 Å². The second-order valence-corrected chi connectivity index (χ2v) is 20.8. The summed E-state index contributed by atoms with van der Waals surface area (Å²) in [5.41, 5.74) is 9.66. The van der Waals surface area contributed by atoms with Crippen LogP contribution in [0, 0.1) is 0 Å². The second kappa shape index (κ2) is 23.2. The molecular weight excluding hydrogens is 959 g/mol. The van der Waals surface area contributed by atoms with Gasteiger partial charge in [0, 0.05) is 42.8 Å². The summed E-state index contributed by atoms with van der Waals surface area (Å²) >= 11 is 0. The maximum absolute atomic E-state index is 8.74. The van der Waals surface area contributed by atoms with Gasteiger partial charge in [-0.05, 0) is 154 Å². The molecule has 4 unspecified atom stereocenters. The molecule has 0 saturated carbocycles. The first-order valence-corrected chi connectivity index (χ1v) is 26.8. The van der Waals surface area contributed by atoms with Crippen molar-refractivity contribution in [1.29, 1.82) is 0 Å². The number of benzene rings is 6. The van der Waals surface area contributed by atoms with Gasteiger partial charge < -0.3 is 38.1 Å². The van der Waals surface area contributed by atoms with E-state index in [9.17, 15) is 0 Å². The van der Waals surface area contributed by atoms with Gasteiger partial charge in [0.25, 0.3) is 0 Å². The fraction of sp³-hybridized carbons (Fsp3) is 0.390. The zero-order chi connectivity index (χ0) is 52.1. The number of nitrogens with zero attached hydrogens (tertiary/aromatic N) is 3. The van der Waals surface area contributed by atoms with E-state index in [-0.39, 0.29) is 18.2 Å². The van der Waals surface area contributed by atoms with Crippen molar-refractivity contribution in [3.8, 4) is 46.0 Å². The maximum Gasteiger partial charge on any atom is 0.394 e. The highest BCUT2D eigenvalue weighted by Gasteiger charge is 2.40. The average molecular weight is 1030 g/mol. The Morgan fingerprint density at radius 3 is 1.73 bits per heavy atom. The summed E-state index contributed by atoms with van der Waals surface area (Å²) in [5, 5.41) is 0. The number of fused-ring (bicyclic) bond motifs is 4. The van der Waals surface area contributed by atoms with Crippen molar-refractivity contribution < 1.29 is 50.7 Å². The summed E-state index contributed by atoms with van der Waals surface area (Å²) in [5.74, 6) is 5.41. The molecular formula is C59H69N3O11S. The van der Waals surface area contributed by atoms with E-state index >= 15 is 0 Å². The largest absolute Gasteiger partial charge is 0.493 e. The summed E-state index contributed by atoms with van der Waals surface area (Å²) in [6.07, 6.45) is 8.80. The normalized spacial score (nSPS) is 21.2. The molecule has 0 aromatic heterocycles. The van der Waals surface area contributed by atoms with Crippen LogP contribution < -0.4 is 28.4 Å². The number of likely N-dealkylation sites (N-methyl/N-ethyl adjacent to an activating group) is 2. The van der Waals surface area contributed by atoms with Crippen LogP contribution in [0.3, 0.4) is 0 Å². The SMILES string of the molecule is CN1C2CCC1CC(OC(c1ccccc1)c1ccccc1)C2.COc1ccc2cc1Oc1ccc(cc1)CC1c3cc(c(OC)cc3CCN1C)Oc1c(OC)c(OC)cc3c1C(C2)N(C)CC3.O=S(=O)(O)O. The molecule has 392 valence electrons. The van der Waals surface area contributed by atoms with Gasteiger partial charge in [0.1, 0.15) is 11.9 Å². The Kier molecular flexibility index (Phi) is 16.5. The summed E-state index contributed by atoms with van der Waals surface area (Å²) in [7, 11) is 8.71. The van der Waals surface area contributed by atoms with Crippen LogP contribution in [0.2, 0.25) is 0 Å². The summed E-state index contributed by atoms with van der Waals surface area (Å²) in [4.78, 5) is 7.38. The molecule has 6 aliphatic heterocycles. The molecule has 14 nitrogen and oxygen atoms in total. The molecule has 8 bridgehead atoms. The summed E-state index contributed by atoms with van der Waals surface area (Å²) in [6, 6.07) is 43.9. The molecule has 4 atom stereocenters. The monoisotopic (exact) mass is 1030 g/mol. The smallest absolute Gasteiger partial charge is 0.394 e. The van der Waals surface area contributed by atoms with Crippen LogP contribution in [0.4, 0.5) is 0 Å². The molecule has 2 saturated heterocycles. The predicted octanol–water partition coefficient (Wildman–Crippen LogP) is 10.9. The summed E-state index contributed by atoms with van der Waals surface area (Å²) in [6.45, 7) is 1.86. The van der Waals surface area contributed by atoms with Gasteiger partial charge in [-0.15, -0.1) is 0 Å². The van der Waals surface area contributed by atoms with E-state index in [4.69, 9.17) is 50.7 Å². The zero-order valence-corrected chi connectivity index (χ0v) is 44.2. The van der Waals surface area contributed by atoms with E-state index in [0.29, 0.717) is 58.4 Å². The number of hydrogen-bond acceptors (Lipinski definition) is 12. The minimum atomic E-state index is -4.67. The molecule has 6 aliphatic rings. The van der Waals surface area contributed by atoms with Gasteiger partial charge in [-0.3, -0.25) is 18.9 Å². The molecule has 0 radical (unpaired) electrons. The molecule has 0 spiro atoms. The Bertz CT molecular complexity index is 2920. The van der Waals surface area contributed by atoms with Crippen LogP contribution in [-0.4, -0.2) is 113 Å². The average Bonchev–Trinajstić information content (AvgIpc) is 3.58. The van der Waals surface area contributed by atoms with Crippen molar-refractivity contribution in [3.05, 3.63) is 166 Å². The molecule has 0 aliphatic carbocycles. The van der Waals surface area contributed by atoms with E-state index in [1.807, 2.05) is 18.2 Å². The van der Waals surface area contributed by atoms with Crippen molar-refractivity contribution in [2.24, 2.45) is 0 Å². The van der Waals surface area contributed by atoms with Gasteiger partial charge in [-0.2, -0.15) is 8.42 Å². The van der Waals surface area contributed by atoms with Crippen LogP contribution in [-0.2, 0) is 40.8 Å². The van der Waals surface area contributed by atoms with E-state index in [1.54, 1.807) is 28.4 Å². The van der Waals surface area contributed by atoms with Gasteiger partial charge >= 0.3 is 10.4 Å². The third-order valence-corrected chi connectivity index (χ3v) is 15.4. The molecule has 2 fully saturated rings. The first-order valence-electron chi connectivity index (χ1n) is 25.4. The van der Waals surface area contributed by atoms with Crippen molar-refractivity contribution in [2.75, 3.05) is 62.7 Å². The maximum atomic E-state index is 8.74. The number of methoxy groups -OCH3 is 4. The van der Waals surface area contributed by atoms with Crippen molar-refractivity contribution in [1.82, 2.24) is 14.7 Å². The molecule has 6 heterocycles. The van der Waals surface area contributed by atoms with Crippen LogP contribution in [0.1, 0.15) is 88.4 Å². The van der Waals surface area contributed by atoms with E-state index in [2.05, 4.69) is 139 Å². The Morgan fingerprint density at radius 2 is 1.14 bits per heavy atom. The van der Waals surface area contributed by atoms with Crippen molar-refractivity contribution in [3.63, 3.8) is 0 Å². The minimum absolute atomic E-state index is 0.000437. The zero-order valence-electron chi connectivity index (χ0n) is 43.4. The molecule has 6 aromatic rings. The van der Waals surface area contributed by atoms with Crippen LogP contribution >= 0.6 is 0 Å². The molecule has 74 heavy (non-hydrogen) atoms. The first kappa shape index (κ1) is 52.7. The second-order valence-electron chi connectivity index (χ2n) is 19.9. The Hall–Kier alpha value is -6.17. The van der Waals surface area contributed by atoms with Gasteiger partial charge in [0.2, 0.25) is 5.75 Å². The number of rotatable bonds is 8. The first-order chi connectivity index (χ1) is 35.7. The van der Waals surface area contributed by atoms with Gasteiger partial charge in [0.15, 0.2) is 34.5 Å². The summed E-state index contributed by atoms with van der Waals surface area (Å²) < 4.78 is 75.3. The fourth-order valence-electron chi connectivity index (χ4n) is 11.5. The van der Waals surface area contributed by atoms with Crippen LogP contribution in [0.15, 0.2) is 121 Å². The molecule has 2 N–H and O–H groups in total. The van der Waals surface area contributed by atoms with Gasteiger partial charge in [-0.25, -0.2) is 0 Å². The predicted molar refractivity (Wildman–Crippen MR) is 285 cm³/mol. The lowest BCUT2D eigenvalue weighted by molar-refractivity contribution is -0.0426. The number of piperidine rings is 1. The van der Waals surface area contributed by atoms with Crippen LogP contribution in [0.5, 0.6) is 46.0 Å². The minimum Gasteiger partial charge on any atom is -0.493 e. The lowest BCUT2D eigenvalue weighted by Crippen LogP contribution is -2.43. The number of hydrogen-bond donors (Lipinski definition) is 2. The van der Waals surface area contributed by atoms with E-state index < -0.39 is 10.4 Å². The molecule has 12 rings (SSSR count). The topological polar surface area (TPSA) is 149 Å². The lowest BCUT2D eigenvalue weighted by Gasteiger charge is -2.38. The Morgan fingerprint density at radius 1 is 0.595 bits per heavy atom. The highest BCUT2D eigenvalue weighted by Crippen LogP contribution is 2.52. The third-order valence-electron chi connectivity index (χ3n) is 15.4. The van der Waals surface area contributed by atoms with Gasteiger partial charge in [0.05, 0.1) is 34.5 Å². The quantitative estimate of drug-likeness (QED) is 0.139. The molecule has 0 amide bonds. The standard InChI is InChI=1S/C38H42N2O6.C21H25NO.H2O4S/c1-39-15-13-25-20-32(42-4)34-22-28(25)29(39)17-23-7-10-27(11-8-23)45-33-19-24(9-12-31(33)41-3)18-30-36-26(14-16-40(30)2)21-35(43-5)37(44-6)38(36)46-34;1-22-18-12-13-19(22)15-20(14-18)23-21(16-8-4-2-5-9-16)17-10-6-3-7-11-17;1-5(2,3)4/h7-12,19-22,29-30H,13-18H2,1-6H3;2-11,18-21H,12-15H2,1H3;(H2,1,2,3,4). The fourth-order valence-corrected chi connectivity index (χ4v) is 11.5. The van der Waals surface area contributed by atoms with E-state index in [0.717, 1.165) is 55.6 Å². The lowest BCUT2D eigenvalue weighted by atomic mass is 9.87. The van der Waals surface area contributed by atoms with Crippen molar-refractivity contribution >= 4 is 10.4 Å². The van der Waals surface area contributed by atoms with Gasteiger partial charge in [-0.1, -0.05) is 78.9 Å².